The van der Waals surface area contributed by atoms with Gasteiger partial charge in [-0.3, -0.25) is 0 Å². The quantitative estimate of drug-likeness (QED) is 0.581. The van der Waals surface area contributed by atoms with Crippen LogP contribution >= 0.6 is 11.8 Å². The number of rotatable bonds is 5. The fraction of sp³-hybridized carbons (Fsp3) is 1.00. The van der Waals surface area contributed by atoms with Gasteiger partial charge in [0.25, 0.3) is 0 Å². The molecule has 84 valence electrons. The molecule has 0 aromatic heterocycles. The molecule has 1 aliphatic heterocycles. The van der Waals surface area contributed by atoms with Crippen LogP contribution in [0.3, 0.4) is 0 Å². The average Bonchev–Trinajstić information content (AvgIpc) is 2.26. The molecular weight excluding hydrogens is 202 g/mol. The van der Waals surface area contributed by atoms with E-state index in [1.54, 1.807) is 11.8 Å². The SMILES string of the molecule is CNC1CCOCC1SCC(O)CO. The molecule has 1 rings (SSSR count). The van der Waals surface area contributed by atoms with Crippen LogP contribution in [0, 0.1) is 0 Å². The molecule has 0 aliphatic carbocycles. The molecule has 0 aromatic rings. The summed E-state index contributed by atoms with van der Waals surface area (Å²) in [5.41, 5.74) is 0. The maximum Gasteiger partial charge on any atom is 0.0861 e. The van der Waals surface area contributed by atoms with Gasteiger partial charge in [-0.05, 0) is 13.5 Å². The van der Waals surface area contributed by atoms with Crippen molar-refractivity contribution in [2.75, 3.05) is 32.6 Å². The summed E-state index contributed by atoms with van der Waals surface area (Å²) in [6, 6.07) is 0.458. The van der Waals surface area contributed by atoms with Gasteiger partial charge >= 0.3 is 0 Å². The number of hydrogen-bond donors (Lipinski definition) is 3. The molecule has 4 nitrogen and oxygen atoms in total. The third-order valence-corrected chi connectivity index (χ3v) is 3.86. The van der Waals surface area contributed by atoms with E-state index in [1.807, 2.05) is 7.05 Å². The first kappa shape index (κ1) is 12.3. The molecular formula is C9H19NO3S. The molecule has 0 saturated carbocycles. The summed E-state index contributed by atoms with van der Waals surface area (Å²) < 4.78 is 5.38. The molecule has 0 aromatic carbocycles. The largest absolute Gasteiger partial charge is 0.394 e. The first-order valence-electron chi connectivity index (χ1n) is 4.93. The smallest absolute Gasteiger partial charge is 0.0861 e. The Hall–Kier alpha value is 0.190. The second kappa shape index (κ2) is 6.63. The molecule has 1 aliphatic rings. The lowest BCUT2D eigenvalue weighted by atomic mass is 10.1. The van der Waals surface area contributed by atoms with E-state index >= 15 is 0 Å². The van der Waals surface area contributed by atoms with Crippen LogP contribution in [0.4, 0.5) is 0 Å². The predicted octanol–water partition coefficient (Wildman–Crippen LogP) is -0.550. The molecule has 3 atom stereocenters. The van der Waals surface area contributed by atoms with E-state index in [-0.39, 0.29) is 6.61 Å². The molecule has 0 radical (unpaired) electrons. The maximum atomic E-state index is 9.22. The summed E-state index contributed by atoms with van der Waals surface area (Å²) in [4.78, 5) is 0. The molecule has 1 saturated heterocycles. The number of thioether (sulfide) groups is 1. The van der Waals surface area contributed by atoms with Crippen molar-refractivity contribution >= 4 is 11.8 Å². The lowest BCUT2D eigenvalue weighted by molar-refractivity contribution is 0.0841. The van der Waals surface area contributed by atoms with Crippen molar-refractivity contribution in [2.24, 2.45) is 0 Å². The topological polar surface area (TPSA) is 61.7 Å². The summed E-state index contributed by atoms with van der Waals surface area (Å²) in [7, 11) is 1.95. The zero-order chi connectivity index (χ0) is 10.4. The van der Waals surface area contributed by atoms with Gasteiger partial charge in [-0.15, -0.1) is 0 Å². The number of ether oxygens (including phenoxy) is 1. The molecule has 3 N–H and O–H groups in total. The van der Waals surface area contributed by atoms with Gasteiger partial charge in [0, 0.05) is 23.7 Å². The van der Waals surface area contributed by atoms with Crippen LogP contribution in [0.5, 0.6) is 0 Å². The molecule has 1 heterocycles. The van der Waals surface area contributed by atoms with E-state index in [4.69, 9.17) is 9.84 Å². The number of aliphatic hydroxyl groups is 2. The summed E-state index contributed by atoms with van der Waals surface area (Å²) in [5.74, 6) is 0.572. The van der Waals surface area contributed by atoms with Crippen LogP contribution in [-0.4, -0.2) is 60.2 Å². The van der Waals surface area contributed by atoms with E-state index in [0.29, 0.717) is 17.0 Å². The number of nitrogens with one attached hydrogen (secondary N) is 1. The molecule has 1 fully saturated rings. The lowest BCUT2D eigenvalue weighted by Gasteiger charge is -2.31. The normalized spacial score (nSPS) is 30.2. The van der Waals surface area contributed by atoms with Crippen molar-refractivity contribution in [3.8, 4) is 0 Å². The minimum absolute atomic E-state index is 0.162. The number of hydrogen-bond acceptors (Lipinski definition) is 5. The standard InChI is InChI=1S/C9H19NO3S/c1-10-8-2-3-13-5-9(8)14-6-7(12)4-11/h7-12H,2-6H2,1H3. The Labute approximate surface area is 89.0 Å². The third kappa shape index (κ3) is 3.74. The molecule has 0 amide bonds. The van der Waals surface area contributed by atoms with E-state index < -0.39 is 6.10 Å². The van der Waals surface area contributed by atoms with E-state index in [9.17, 15) is 5.11 Å². The summed E-state index contributed by atoms with van der Waals surface area (Å²) in [6.45, 7) is 1.38. The zero-order valence-electron chi connectivity index (χ0n) is 8.48. The molecule has 0 spiro atoms. The highest BCUT2D eigenvalue weighted by molar-refractivity contribution is 8.00. The Kier molecular flexibility index (Phi) is 5.81. The van der Waals surface area contributed by atoms with Crippen LogP contribution in [0.25, 0.3) is 0 Å². The van der Waals surface area contributed by atoms with Gasteiger partial charge in [-0.1, -0.05) is 0 Å². The number of aliphatic hydroxyl groups excluding tert-OH is 2. The predicted molar refractivity (Wildman–Crippen MR) is 57.6 cm³/mol. The monoisotopic (exact) mass is 221 g/mol. The second-order valence-electron chi connectivity index (χ2n) is 3.47. The Balaban J connectivity index is 2.26. The summed E-state index contributed by atoms with van der Waals surface area (Å²) in [5, 5.41) is 21.5. The van der Waals surface area contributed by atoms with Crippen molar-refractivity contribution < 1.29 is 14.9 Å². The highest BCUT2D eigenvalue weighted by Crippen LogP contribution is 2.21. The Morgan fingerprint density at radius 2 is 2.43 bits per heavy atom. The molecule has 0 bridgehead atoms. The van der Waals surface area contributed by atoms with Gasteiger partial charge in [0.05, 0.1) is 19.3 Å². The molecule has 5 heteroatoms. The molecule has 14 heavy (non-hydrogen) atoms. The Morgan fingerprint density at radius 3 is 3.07 bits per heavy atom. The third-order valence-electron chi connectivity index (χ3n) is 2.39. The second-order valence-corrected chi connectivity index (χ2v) is 4.74. The van der Waals surface area contributed by atoms with Crippen molar-refractivity contribution in [1.82, 2.24) is 5.32 Å². The van der Waals surface area contributed by atoms with Crippen LogP contribution < -0.4 is 5.32 Å². The van der Waals surface area contributed by atoms with Gasteiger partial charge in [0.1, 0.15) is 0 Å². The van der Waals surface area contributed by atoms with Gasteiger partial charge in [-0.2, -0.15) is 11.8 Å². The first-order chi connectivity index (χ1) is 6.77. The minimum atomic E-state index is -0.612. The Morgan fingerprint density at radius 1 is 1.64 bits per heavy atom. The summed E-state index contributed by atoms with van der Waals surface area (Å²) >= 11 is 1.67. The van der Waals surface area contributed by atoms with Gasteiger partial charge in [-0.25, -0.2) is 0 Å². The van der Waals surface area contributed by atoms with Crippen molar-refractivity contribution in [3.63, 3.8) is 0 Å². The van der Waals surface area contributed by atoms with Gasteiger partial charge < -0.3 is 20.3 Å². The summed E-state index contributed by atoms with van der Waals surface area (Å²) in [6.07, 6.45) is 0.406. The van der Waals surface area contributed by atoms with Crippen molar-refractivity contribution in [1.29, 1.82) is 0 Å². The van der Waals surface area contributed by atoms with Gasteiger partial charge in [0.2, 0.25) is 0 Å². The van der Waals surface area contributed by atoms with E-state index in [0.717, 1.165) is 19.6 Å². The fourth-order valence-electron chi connectivity index (χ4n) is 1.49. The van der Waals surface area contributed by atoms with Crippen LogP contribution in [0.15, 0.2) is 0 Å². The highest BCUT2D eigenvalue weighted by atomic mass is 32.2. The lowest BCUT2D eigenvalue weighted by Crippen LogP contribution is -2.43. The average molecular weight is 221 g/mol. The Bertz CT molecular complexity index is 159. The fourth-order valence-corrected chi connectivity index (χ4v) is 2.77. The first-order valence-corrected chi connectivity index (χ1v) is 5.98. The van der Waals surface area contributed by atoms with Gasteiger partial charge in [0.15, 0.2) is 0 Å². The van der Waals surface area contributed by atoms with E-state index in [1.165, 1.54) is 0 Å². The van der Waals surface area contributed by atoms with Crippen LogP contribution in [-0.2, 0) is 4.74 Å². The minimum Gasteiger partial charge on any atom is -0.394 e. The van der Waals surface area contributed by atoms with Crippen LogP contribution in [0.2, 0.25) is 0 Å². The highest BCUT2D eigenvalue weighted by Gasteiger charge is 2.25. The van der Waals surface area contributed by atoms with Crippen molar-refractivity contribution in [3.05, 3.63) is 0 Å². The zero-order valence-corrected chi connectivity index (χ0v) is 9.30. The molecule has 3 unspecified atom stereocenters. The van der Waals surface area contributed by atoms with Crippen LogP contribution in [0.1, 0.15) is 6.42 Å². The maximum absolute atomic E-state index is 9.22. The van der Waals surface area contributed by atoms with E-state index in [2.05, 4.69) is 5.32 Å². The van der Waals surface area contributed by atoms with Crippen molar-refractivity contribution in [2.45, 2.75) is 23.8 Å².